The van der Waals surface area contributed by atoms with Crippen molar-refractivity contribution in [2.24, 2.45) is 0 Å². The number of carbonyl (C=O) groups is 1. The van der Waals surface area contributed by atoms with E-state index in [0.29, 0.717) is 27.9 Å². The minimum atomic E-state index is -0.0922. The number of hydrogen-bond donors (Lipinski definition) is 0. The first kappa shape index (κ1) is 17.1. The van der Waals surface area contributed by atoms with Crippen molar-refractivity contribution in [1.82, 2.24) is 4.57 Å². The predicted octanol–water partition coefficient (Wildman–Crippen LogP) is 4.47. The van der Waals surface area contributed by atoms with Crippen LogP contribution in [0.4, 0.5) is 0 Å². The molecular weight excluding hydrogens is 312 g/mol. The van der Waals surface area contributed by atoms with Crippen LogP contribution in [-0.4, -0.2) is 17.0 Å². The van der Waals surface area contributed by atoms with Crippen molar-refractivity contribution in [2.75, 3.05) is 6.61 Å². The second-order valence-electron chi connectivity index (χ2n) is 5.72. The van der Waals surface area contributed by atoms with Gasteiger partial charge in [-0.25, -0.2) is 0 Å². The highest BCUT2D eigenvalue weighted by molar-refractivity contribution is 6.32. The molecule has 4 nitrogen and oxygen atoms in total. The molecule has 0 amide bonds. The van der Waals surface area contributed by atoms with Gasteiger partial charge in [0, 0.05) is 23.0 Å². The van der Waals surface area contributed by atoms with E-state index in [2.05, 4.69) is 18.4 Å². The van der Waals surface area contributed by atoms with Crippen LogP contribution in [0.15, 0.2) is 24.3 Å². The maximum atomic E-state index is 12.4. The number of Topliss-reactive ketones (excluding diaryl/α,β-unsaturated/α-hetero) is 1. The van der Waals surface area contributed by atoms with Crippen LogP contribution in [-0.2, 0) is 0 Å². The first-order valence-corrected chi connectivity index (χ1v) is 7.77. The third kappa shape index (κ3) is 3.57. The summed E-state index contributed by atoms with van der Waals surface area (Å²) in [6.45, 7) is 8.01. The second kappa shape index (κ2) is 6.89. The molecule has 2 rings (SSSR count). The van der Waals surface area contributed by atoms with E-state index < -0.39 is 0 Å². The van der Waals surface area contributed by atoms with Gasteiger partial charge in [0.25, 0.3) is 0 Å². The van der Waals surface area contributed by atoms with E-state index in [1.165, 1.54) is 6.07 Å². The number of hydrogen-bond acceptors (Lipinski definition) is 3. The summed E-state index contributed by atoms with van der Waals surface area (Å²) in [6.07, 6.45) is 0. The normalized spacial score (nSPS) is 10.7. The Hall–Kier alpha value is -2.25. The largest absolute Gasteiger partial charge is 0.484 e. The highest BCUT2D eigenvalue weighted by Crippen LogP contribution is 2.26. The summed E-state index contributed by atoms with van der Waals surface area (Å²) >= 11 is 6.05. The molecule has 0 radical (unpaired) electrons. The molecule has 1 heterocycles. The Kier molecular flexibility index (Phi) is 5.12. The molecule has 0 bridgehead atoms. The average molecular weight is 331 g/mol. The summed E-state index contributed by atoms with van der Waals surface area (Å²) in [7, 11) is 0. The Morgan fingerprint density at radius 1 is 1.35 bits per heavy atom. The van der Waals surface area contributed by atoms with Crippen molar-refractivity contribution in [3.63, 3.8) is 0 Å². The van der Waals surface area contributed by atoms with Crippen molar-refractivity contribution >= 4 is 17.4 Å². The van der Waals surface area contributed by atoms with Crippen LogP contribution in [0.25, 0.3) is 0 Å². The van der Waals surface area contributed by atoms with E-state index in [0.717, 1.165) is 11.4 Å². The zero-order valence-corrected chi connectivity index (χ0v) is 14.4. The highest BCUT2D eigenvalue weighted by Gasteiger charge is 2.18. The fourth-order valence-electron chi connectivity index (χ4n) is 2.76. The van der Waals surface area contributed by atoms with Gasteiger partial charge in [-0.15, -0.1) is 0 Å². The summed E-state index contributed by atoms with van der Waals surface area (Å²) in [5.41, 5.74) is 3.12. The summed E-state index contributed by atoms with van der Waals surface area (Å²) in [5, 5.41) is 9.14. The molecule has 0 atom stereocenters. The fraction of sp³-hybridized carbons (Fsp3) is 0.333. The number of ketones is 1. The fourth-order valence-corrected chi connectivity index (χ4v) is 3.00. The molecule has 2 aromatic rings. The zero-order chi connectivity index (χ0) is 17.1. The summed E-state index contributed by atoms with van der Waals surface area (Å²) < 4.78 is 7.64. The van der Waals surface area contributed by atoms with E-state index in [9.17, 15) is 4.79 Å². The van der Waals surface area contributed by atoms with Gasteiger partial charge in [0.15, 0.2) is 6.61 Å². The van der Waals surface area contributed by atoms with Gasteiger partial charge in [-0.2, -0.15) is 5.26 Å². The third-order valence-electron chi connectivity index (χ3n) is 3.72. The number of rotatable bonds is 5. The van der Waals surface area contributed by atoms with Gasteiger partial charge in [-0.1, -0.05) is 11.6 Å². The van der Waals surface area contributed by atoms with Crippen LogP contribution in [0.1, 0.15) is 47.2 Å². The number of nitriles is 1. The smallest absolute Gasteiger partial charge is 0.202 e. The van der Waals surface area contributed by atoms with Gasteiger partial charge in [0.2, 0.25) is 5.78 Å². The molecule has 0 aliphatic rings. The van der Waals surface area contributed by atoms with E-state index in [-0.39, 0.29) is 12.4 Å². The van der Waals surface area contributed by atoms with Crippen LogP contribution in [0.5, 0.6) is 5.75 Å². The van der Waals surface area contributed by atoms with E-state index in [4.69, 9.17) is 21.6 Å². The van der Waals surface area contributed by atoms with Crippen LogP contribution in [0.2, 0.25) is 5.02 Å². The summed E-state index contributed by atoms with van der Waals surface area (Å²) in [5.74, 6) is 0.308. The van der Waals surface area contributed by atoms with Gasteiger partial charge in [0.1, 0.15) is 5.75 Å². The van der Waals surface area contributed by atoms with E-state index in [1.54, 1.807) is 12.1 Å². The molecule has 1 aromatic heterocycles. The van der Waals surface area contributed by atoms with Gasteiger partial charge in [-0.3, -0.25) is 4.79 Å². The van der Waals surface area contributed by atoms with Crippen LogP contribution in [0, 0.1) is 25.2 Å². The number of halogens is 1. The molecule has 0 N–H and O–H groups in total. The molecule has 23 heavy (non-hydrogen) atoms. The zero-order valence-electron chi connectivity index (χ0n) is 13.7. The molecule has 0 aliphatic carbocycles. The Morgan fingerprint density at radius 3 is 2.57 bits per heavy atom. The molecule has 0 aliphatic heterocycles. The lowest BCUT2D eigenvalue weighted by Crippen LogP contribution is -2.13. The van der Waals surface area contributed by atoms with Gasteiger partial charge in [-0.05, 0) is 52.0 Å². The lowest BCUT2D eigenvalue weighted by molar-refractivity contribution is 0.0921. The molecule has 1 aromatic carbocycles. The molecule has 0 saturated heterocycles. The molecule has 0 unspecified atom stereocenters. The monoisotopic (exact) mass is 330 g/mol. The molecule has 5 heteroatoms. The molecule has 0 spiro atoms. The number of aromatic nitrogens is 1. The topological polar surface area (TPSA) is 55.0 Å². The minimum absolute atomic E-state index is 0.0893. The summed E-state index contributed by atoms with van der Waals surface area (Å²) in [4.78, 5) is 12.4. The maximum Gasteiger partial charge on any atom is 0.202 e. The lowest BCUT2D eigenvalue weighted by atomic mass is 10.1. The predicted molar refractivity (Wildman–Crippen MR) is 90.3 cm³/mol. The Bertz CT molecular complexity index is 785. The average Bonchev–Trinajstić information content (AvgIpc) is 2.80. The first-order valence-electron chi connectivity index (χ1n) is 7.39. The number of nitrogens with zero attached hydrogens (tertiary/aromatic N) is 2. The number of ether oxygens (including phenoxy) is 1. The Labute approximate surface area is 141 Å². The van der Waals surface area contributed by atoms with Crippen molar-refractivity contribution in [3.05, 3.63) is 51.8 Å². The van der Waals surface area contributed by atoms with Crippen LogP contribution >= 0.6 is 11.6 Å². The van der Waals surface area contributed by atoms with Crippen molar-refractivity contribution < 1.29 is 9.53 Å². The van der Waals surface area contributed by atoms with Gasteiger partial charge >= 0.3 is 0 Å². The number of aryl methyl sites for hydroxylation is 1. The van der Waals surface area contributed by atoms with Crippen molar-refractivity contribution in [2.45, 2.75) is 33.7 Å². The number of benzene rings is 1. The van der Waals surface area contributed by atoms with E-state index >= 15 is 0 Å². The maximum absolute atomic E-state index is 12.4. The van der Waals surface area contributed by atoms with Crippen LogP contribution in [0.3, 0.4) is 0 Å². The third-order valence-corrected chi connectivity index (χ3v) is 4.02. The Morgan fingerprint density at radius 2 is 2.04 bits per heavy atom. The van der Waals surface area contributed by atoms with Crippen molar-refractivity contribution in [3.8, 4) is 11.8 Å². The van der Waals surface area contributed by atoms with Gasteiger partial charge in [0.05, 0.1) is 16.7 Å². The van der Waals surface area contributed by atoms with E-state index in [1.807, 2.05) is 26.0 Å². The lowest BCUT2D eigenvalue weighted by Gasteiger charge is -2.13. The molecule has 0 saturated carbocycles. The summed E-state index contributed by atoms with van der Waals surface area (Å²) in [6, 6.07) is 8.92. The van der Waals surface area contributed by atoms with Gasteiger partial charge < -0.3 is 9.30 Å². The molecule has 120 valence electrons. The molecule has 0 fully saturated rings. The quantitative estimate of drug-likeness (QED) is 0.760. The Balaban J connectivity index is 2.15. The first-order chi connectivity index (χ1) is 10.8. The highest BCUT2D eigenvalue weighted by atomic mass is 35.5. The van der Waals surface area contributed by atoms with Crippen LogP contribution < -0.4 is 4.74 Å². The molecular formula is C18H19ClN2O2. The number of carbonyl (C=O) groups excluding carboxylic acids is 1. The SMILES string of the molecule is Cc1cc(C(=O)COc2ccc(C#N)cc2Cl)c(C)n1C(C)C. The second-order valence-corrected chi connectivity index (χ2v) is 6.12. The minimum Gasteiger partial charge on any atom is -0.484 e. The van der Waals surface area contributed by atoms with Crippen molar-refractivity contribution in [1.29, 1.82) is 5.26 Å². The standard InChI is InChI=1S/C18H19ClN2O2/c1-11(2)21-12(3)7-15(13(21)4)17(22)10-23-18-6-5-14(9-20)8-16(18)19/h5-8,11H,10H2,1-4H3.